The summed E-state index contributed by atoms with van der Waals surface area (Å²) in [5.74, 6) is 0. The van der Waals surface area contributed by atoms with Crippen LogP contribution in [-0.2, 0) is 0 Å². The number of rotatable bonds is 0. The third-order valence-corrected chi connectivity index (χ3v) is 0.681. The molecule has 2 nitrogen and oxygen atoms in total. The quantitative estimate of drug-likeness (QED) is 0.538. The maximum Gasteiger partial charge on any atom is 0.247 e. The molecule has 0 amide bonds. The number of pyridine rings is 1. The summed E-state index contributed by atoms with van der Waals surface area (Å²) >= 11 is 0. The van der Waals surface area contributed by atoms with Crippen LogP contribution in [0.3, 0.4) is 0 Å². The van der Waals surface area contributed by atoms with Crippen molar-refractivity contribution >= 4 is 19.8 Å². The Labute approximate surface area is 60.0 Å². The first-order valence-corrected chi connectivity index (χ1v) is 2.03. The van der Waals surface area contributed by atoms with Gasteiger partial charge < -0.3 is 4.98 Å². The molecule has 39 valence electrons. The average molecular weight is 165 g/mol. The molecule has 1 aromatic heterocycles. The average Bonchev–Trinajstić information content (AvgIpc) is 1.69. The fraction of sp³-hybridized carbons (Fsp3) is 0. The zero-order valence-corrected chi connectivity index (χ0v) is 6.72. The van der Waals surface area contributed by atoms with Crippen molar-refractivity contribution < 1.29 is 0 Å². The number of hydrogen-bond acceptors (Lipinski definition) is 1. The van der Waals surface area contributed by atoms with Crippen LogP contribution in [0, 0.1) is 0 Å². The topological polar surface area (TPSA) is 32.9 Å². The van der Waals surface area contributed by atoms with Crippen LogP contribution in [-0.4, -0.2) is 24.8 Å². The van der Waals surface area contributed by atoms with E-state index in [9.17, 15) is 4.79 Å². The van der Waals surface area contributed by atoms with Gasteiger partial charge in [-0.2, -0.15) is 0 Å². The summed E-state index contributed by atoms with van der Waals surface area (Å²) in [7, 11) is 0. The predicted octanol–water partition coefficient (Wildman–Crippen LogP) is -0.00590. The van der Waals surface area contributed by atoms with E-state index in [1.165, 1.54) is 6.07 Å². The van der Waals surface area contributed by atoms with E-state index >= 15 is 0 Å². The molecule has 0 aliphatic rings. The van der Waals surface area contributed by atoms with Gasteiger partial charge in [-0.15, -0.1) is 0 Å². The van der Waals surface area contributed by atoms with Crippen molar-refractivity contribution in [3.8, 4) is 0 Å². The third kappa shape index (κ3) is 2.04. The van der Waals surface area contributed by atoms with Crippen LogP contribution in [0.1, 0.15) is 0 Å². The second-order valence-corrected chi connectivity index (χ2v) is 1.23. The van der Waals surface area contributed by atoms with Crippen LogP contribution in [0.2, 0.25) is 0 Å². The SMILES string of the molecule is O=c1cccc[nH]1.[Ga]. The van der Waals surface area contributed by atoms with E-state index in [1.807, 2.05) is 0 Å². The minimum absolute atomic E-state index is 0. The zero-order valence-electron chi connectivity index (χ0n) is 4.29. The number of nitrogens with one attached hydrogen (secondary N) is 1. The molecule has 0 unspecified atom stereocenters. The molecule has 0 bridgehead atoms. The van der Waals surface area contributed by atoms with Crippen molar-refractivity contribution in [2.24, 2.45) is 0 Å². The Bertz CT molecular complexity index is 178. The molecule has 0 saturated carbocycles. The van der Waals surface area contributed by atoms with E-state index in [0.29, 0.717) is 0 Å². The fourth-order valence-corrected chi connectivity index (χ4v) is 0.377. The molecule has 0 atom stereocenters. The Morgan fingerprint density at radius 2 is 2.12 bits per heavy atom. The molecule has 3 radical (unpaired) electrons. The van der Waals surface area contributed by atoms with Crippen LogP contribution in [0.5, 0.6) is 0 Å². The molecule has 1 N–H and O–H groups in total. The first kappa shape index (κ1) is 7.59. The van der Waals surface area contributed by atoms with Gasteiger partial charge in [0.2, 0.25) is 5.56 Å². The van der Waals surface area contributed by atoms with Crippen molar-refractivity contribution in [2.75, 3.05) is 0 Å². The van der Waals surface area contributed by atoms with E-state index in [4.69, 9.17) is 0 Å². The summed E-state index contributed by atoms with van der Waals surface area (Å²) in [6, 6.07) is 4.93. The molecule has 3 heteroatoms. The molecule has 0 fully saturated rings. The second-order valence-electron chi connectivity index (χ2n) is 1.23. The first-order chi connectivity index (χ1) is 3.39. The first-order valence-electron chi connectivity index (χ1n) is 2.03. The molecule has 1 rings (SSSR count). The van der Waals surface area contributed by atoms with Crippen molar-refractivity contribution in [2.45, 2.75) is 0 Å². The van der Waals surface area contributed by atoms with Gasteiger partial charge in [0.1, 0.15) is 0 Å². The van der Waals surface area contributed by atoms with Gasteiger partial charge >= 0.3 is 0 Å². The smallest absolute Gasteiger partial charge is 0.247 e. The van der Waals surface area contributed by atoms with Gasteiger partial charge in [0.05, 0.1) is 0 Å². The molecular formula is C5H5GaNO. The van der Waals surface area contributed by atoms with Crippen LogP contribution >= 0.6 is 0 Å². The Morgan fingerprint density at radius 1 is 1.38 bits per heavy atom. The molecule has 1 aromatic rings. The maximum atomic E-state index is 10.2. The molecule has 0 saturated heterocycles. The predicted molar refractivity (Wildman–Crippen MR) is 32.8 cm³/mol. The summed E-state index contributed by atoms with van der Waals surface area (Å²) < 4.78 is 0. The summed E-state index contributed by atoms with van der Waals surface area (Å²) in [5, 5.41) is 0. The summed E-state index contributed by atoms with van der Waals surface area (Å²) in [6.45, 7) is 0. The van der Waals surface area contributed by atoms with E-state index in [1.54, 1.807) is 18.3 Å². The molecule has 1 heterocycles. The van der Waals surface area contributed by atoms with E-state index in [-0.39, 0.29) is 25.3 Å². The van der Waals surface area contributed by atoms with Crippen molar-refractivity contribution in [1.82, 2.24) is 4.98 Å². The Hall–Kier alpha value is -0.414. The summed E-state index contributed by atoms with van der Waals surface area (Å²) in [5.41, 5.74) is -0.0532. The summed E-state index contributed by atoms with van der Waals surface area (Å²) in [6.07, 6.45) is 1.60. The number of aromatic nitrogens is 1. The monoisotopic (exact) mass is 164 g/mol. The van der Waals surface area contributed by atoms with Crippen LogP contribution in [0.4, 0.5) is 0 Å². The van der Waals surface area contributed by atoms with Gasteiger partial charge in [0, 0.05) is 32.1 Å². The molecule has 0 spiro atoms. The van der Waals surface area contributed by atoms with Crippen LogP contribution in [0.15, 0.2) is 29.2 Å². The minimum atomic E-state index is -0.0532. The normalized spacial score (nSPS) is 7.50. The third-order valence-electron chi connectivity index (χ3n) is 0.681. The van der Waals surface area contributed by atoms with Crippen molar-refractivity contribution in [3.63, 3.8) is 0 Å². The van der Waals surface area contributed by atoms with Crippen molar-refractivity contribution in [1.29, 1.82) is 0 Å². The fourth-order valence-electron chi connectivity index (χ4n) is 0.377. The molecule has 8 heavy (non-hydrogen) atoms. The van der Waals surface area contributed by atoms with E-state index in [2.05, 4.69) is 4.98 Å². The van der Waals surface area contributed by atoms with E-state index < -0.39 is 0 Å². The number of hydrogen-bond donors (Lipinski definition) is 1. The van der Waals surface area contributed by atoms with Gasteiger partial charge in [0.15, 0.2) is 0 Å². The number of H-pyrrole nitrogens is 1. The van der Waals surface area contributed by atoms with Crippen LogP contribution < -0.4 is 5.56 Å². The number of aromatic amines is 1. The molecule has 0 aliphatic heterocycles. The standard InChI is InChI=1S/C5H5NO.Ga/c7-5-3-1-2-4-6-5;/h1-4H,(H,6,7);. The minimum Gasteiger partial charge on any atom is -0.329 e. The van der Waals surface area contributed by atoms with Gasteiger partial charge in [-0.05, 0) is 6.07 Å². The van der Waals surface area contributed by atoms with E-state index in [0.717, 1.165) is 0 Å². The van der Waals surface area contributed by atoms with Crippen molar-refractivity contribution in [3.05, 3.63) is 34.7 Å². The molecular weight excluding hydrogens is 160 g/mol. The Morgan fingerprint density at radius 3 is 2.38 bits per heavy atom. The molecule has 0 aromatic carbocycles. The Balaban J connectivity index is 0.000000490. The van der Waals surface area contributed by atoms with Crippen LogP contribution in [0.25, 0.3) is 0 Å². The Kier molecular flexibility index (Phi) is 3.39. The van der Waals surface area contributed by atoms with Gasteiger partial charge in [-0.25, -0.2) is 0 Å². The summed E-state index contributed by atoms with van der Waals surface area (Å²) in [4.78, 5) is 12.7. The van der Waals surface area contributed by atoms with Gasteiger partial charge in [-0.3, -0.25) is 4.79 Å². The maximum absolute atomic E-state index is 10.2. The zero-order chi connectivity index (χ0) is 5.11. The molecule has 0 aliphatic carbocycles. The van der Waals surface area contributed by atoms with Gasteiger partial charge in [-0.1, -0.05) is 6.07 Å². The second kappa shape index (κ2) is 3.57. The van der Waals surface area contributed by atoms with Gasteiger partial charge in [0.25, 0.3) is 0 Å². The largest absolute Gasteiger partial charge is 0.329 e.